The van der Waals surface area contributed by atoms with Crippen molar-refractivity contribution in [3.8, 4) is 0 Å². The second-order valence-electron chi connectivity index (χ2n) is 5.48. The topological polar surface area (TPSA) is 12.0 Å². The molecule has 2 rings (SSSR count). The van der Waals surface area contributed by atoms with Crippen LogP contribution in [0, 0.1) is 5.41 Å². The first-order valence-electron chi connectivity index (χ1n) is 6.75. The summed E-state index contributed by atoms with van der Waals surface area (Å²) in [7, 11) is 0. The average Bonchev–Trinajstić information content (AvgIpc) is 2.66. The summed E-state index contributed by atoms with van der Waals surface area (Å²) in [5.74, 6) is 0. The molecule has 0 bridgehead atoms. The molecule has 1 N–H and O–H groups in total. The van der Waals surface area contributed by atoms with Crippen molar-refractivity contribution >= 4 is 43.2 Å². The molecule has 102 valence electrons. The van der Waals surface area contributed by atoms with Crippen LogP contribution in [-0.2, 0) is 0 Å². The van der Waals surface area contributed by atoms with Crippen molar-refractivity contribution in [3.05, 3.63) is 19.2 Å². The summed E-state index contributed by atoms with van der Waals surface area (Å²) in [6.45, 7) is 5.69. The molecule has 1 aromatic heterocycles. The monoisotopic (exact) mass is 393 g/mol. The molecule has 1 aliphatic carbocycles. The minimum absolute atomic E-state index is 0.400. The summed E-state index contributed by atoms with van der Waals surface area (Å²) in [5.41, 5.74) is 1.83. The van der Waals surface area contributed by atoms with Gasteiger partial charge in [0.1, 0.15) is 0 Å². The van der Waals surface area contributed by atoms with E-state index >= 15 is 0 Å². The third-order valence-electron chi connectivity index (χ3n) is 4.10. The van der Waals surface area contributed by atoms with Crippen LogP contribution in [0.3, 0.4) is 0 Å². The van der Waals surface area contributed by atoms with Crippen LogP contribution >= 0.6 is 43.2 Å². The van der Waals surface area contributed by atoms with Gasteiger partial charge in [-0.2, -0.15) is 0 Å². The van der Waals surface area contributed by atoms with Crippen LogP contribution < -0.4 is 5.32 Å². The first-order valence-corrected chi connectivity index (χ1v) is 9.15. The molecule has 18 heavy (non-hydrogen) atoms. The first kappa shape index (κ1) is 15.0. The molecule has 1 nitrogen and oxygen atoms in total. The van der Waals surface area contributed by atoms with E-state index in [4.69, 9.17) is 0 Å². The van der Waals surface area contributed by atoms with Gasteiger partial charge < -0.3 is 5.32 Å². The van der Waals surface area contributed by atoms with E-state index in [2.05, 4.69) is 57.1 Å². The van der Waals surface area contributed by atoms with E-state index in [0.717, 1.165) is 6.54 Å². The summed E-state index contributed by atoms with van der Waals surface area (Å²) in [5, 5.41) is 3.72. The zero-order valence-electron chi connectivity index (χ0n) is 11.1. The quantitative estimate of drug-likeness (QED) is 0.670. The maximum atomic E-state index is 3.73. The van der Waals surface area contributed by atoms with Crippen LogP contribution in [-0.4, -0.2) is 6.54 Å². The van der Waals surface area contributed by atoms with E-state index in [9.17, 15) is 0 Å². The normalized spacial score (nSPS) is 20.9. The van der Waals surface area contributed by atoms with Gasteiger partial charge in [-0.1, -0.05) is 33.1 Å². The second kappa shape index (κ2) is 6.38. The maximum Gasteiger partial charge on any atom is 0.0758 e. The van der Waals surface area contributed by atoms with Crippen LogP contribution in [0.25, 0.3) is 0 Å². The molecule has 0 radical (unpaired) electrons. The Morgan fingerprint density at radius 1 is 1.33 bits per heavy atom. The van der Waals surface area contributed by atoms with Crippen molar-refractivity contribution in [2.24, 2.45) is 5.41 Å². The SMILES string of the molecule is CCNC(c1cc(Br)sc1Br)C1(C)CCCCC1. The summed E-state index contributed by atoms with van der Waals surface area (Å²) in [4.78, 5) is 0. The molecule has 1 saturated carbocycles. The number of thiophene rings is 1. The van der Waals surface area contributed by atoms with Gasteiger partial charge in [-0.15, -0.1) is 11.3 Å². The molecule has 4 heteroatoms. The van der Waals surface area contributed by atoms with Gasteiger partial charge in [-0.3, -0.25) is 0 Å². The first-order chi connectivity index (χ1) is 8.57. The molecular formula is C14H21Br2NS. The van der Waals surface area contributed by atoms with E-state index in [0.29, 0.717) is 11.5 Å². The molecule has 0 aliphatic heterocycles. The molecule has 0 saturated heterocycles. The number of hydrogen-bond acceptors (Lipinski definition) is 2. The van der Waals surface area contributed by atoms with E-state index in [1.807, 2.05) is 0 Å². The number of hydrogen-bond donors (Lipinski definition) is 1. The average molecular weight is 395 g/mol. The summed E-state index contributed by atoms with van der Waals surface area (Å²) in [6, 6.07) is 2.75. The Morgan fingerprint density at radius 2 is 2.00 bits per heavy atom. The van der Waals surface area contributed by atoms with Crippen LogP contribution in [0.1, 0.15) is 57.6 Å². The van der Waals surface area contributed by atoms with E-state index in [1.165, 1.54) is 45.2 Å². The Labute approximate surface area is 131 Å². The van der Waals surface area contributed by atoms with Gasteiger partial charge >= 0.3 is 0 Å². The molecule has 0 spiro atoms. The van der Waals surface area contributed by atoms with Crippen LogP contribution in [0.15, 0.2) is 13.6 Å². The second-order valence-corrected chi connectivity index (χ2v) is 9.23. The van der Waals surface area contributed by atoms with E-state index in [-0.39, 0.29) is 0 Å². The standard InChI is InChI=1S/C14H21Br2NS/c1-3-17-12(10-9-11(15)18-13(10)16)14(2)7-5-4-6-8-14/h9,12,17H,3-8H2,1-2H3. The predicted molar refractivity (Wildman–Crippen MR) is 87.3 cm³/mol. The van der Waals surface area contributed by atoms with Crippen molar-refractivity contribution in [2.45, 2.75) is 52.0 Å². The summed E-state index contributed by atoms with van der Waals surface area (Å²) >= 11 is 9.11. The molecule has 0 amide bonds. The fourth-order valence-electron chi connectivity index (χ4n) is 3.13. The zero-order valence-corrected chi connectivity index (χ0v) is 15.1. The fourth-order valence-corrected chi connectivity index (χ4v) is 6.04. The molecule has 1 aliphatic rings. The van der Waals surface area contributed by atoms with Gasteiger partial charge in [-0.25, -0.2) is 0 Å². The number of halogens is 2. The van der Waals surface area contributed by atoms with Crippen molar-refractivity contribution in [3.63, 3.8) is 0 Å². The fraction of sp³-hybridized carbons (Fsp3) is 0.714. The lowest BCUT2D eigenvalue weighted by atomic mass is 9.69. The molecule has 1 fully saturated rings. The lowest BCUT2D eigenvalue weighted by Gasteiger charge is -2.41. The minimum atomic E-state index is 0.400. The maximum absolute atomic E-state index is 3.73. The molecule has 1 unspecified atom stereocenters. The van der Waals surface area contributed by atoms with Crippen molar-refractivity contribution in [2.75, 3.05) is 6.54 Å². The summed E-state index contributed by atoms with van der Waals surface area (Å²) in [6.07, 6.45) is 6.83. The van der Waals surface area contributed by atoms with Gasteiger partial charge in [0.25, 0.3) is 0 Å². The Kier molecular flexibility index (Phi) is 5.32. The Morgan fingerprint density at radius 3 is 2.50 bits per heavy atom. The van der Waals surface area contributed by atoms with Crippen LogP contribution in [0.4, 0.5) is 0 Å². The van der Waals surface area contributed by atoms with E-state index < -0.39 is 0 Å². The molecule has 1 heterocycles. The highest BCUT2D eigenvalue weighted by atomic mass is 79.9. The highest BCUT2D eigenvalue weighted by molar-refractivity contribution is 9.12. The van der Waals surface area contributed by atoms with Gasteiger partial charge in [-0.05, 0) is 68.3 Å². The van der Waals surface area contributed by atoms with Crippen molar-refractivity contribution in [1.29, 1.82) is 0 Å². The molecular weight excluding hydrogens is 374 g/mol. The highest BCUT2D eigenvalue weighted by Crippen LogP contribution is 2.49. The predicted octanol–water partition coefficient (Wildman–Crippen LogP) is 5.89. The zero-order chi connectivity index (χ0) is 13.2. The van der Waals surface area contributed by atoms with Gasteiger partial charge in [0.15, 0.2) is 0 Å². The lowest BCUT2D eigenvalue weighted by molar-refractivity contribution is 0.146. The van der Waals surface area contributed by atoms with Crippen molar-refractivity contribution in [1.82, 2.24) is 5.32 Å². The number of nitrogens with one attached hydrogen (secondary N) is 1. The van der Waals surface area contributed by atoms with Crippen LogP contribution in [0.5, 0.6) is 0 Å². The van der Waals surface area contributed by atoms with Gasteiger partial charge in [0.2, 0.25) is 0 Å². The third kappa shape index (κ3) is 3.20. The van der Waals surface area contributed by atoms with Gasteiger partial charge in [0, 0.05) is 6.04 Å². The minimum Gasteiger partial charge on any atom is -0.310 e. The largest absolute Gasteiger partial charge is 0.310 e. The van der Waals surface area contributed by atoms with Crippen molar-refractivity contribution < 1.29 is 0 Å². The molecule has 1 atom stereocenters. The van der Waals surface area contributed by atoms with Crippen LogP contribution in [0.2, 0.25) is 0 Å². The highest BCUT2D eigenvalue weighted by Gasteiger charge is 2.37. The Hall–Kier alpha value is 0.620. The Balaban J connectivity index is 2.29. The van der Waals surface area contributed by atoms with Gasteiger partial charge in [0.05, 0.1) is 7.57 Å². The summed E-state index contributed by atoms with van der Waals surface area (Å²) < 4.78 is 2.49. The lowest BCUT2D eigenvalue weighted by Crippen LogP contribution is -2.37. The smallest absolute Gasteiger partial charge is 0.0758 e. The Bertz CT molecular complexity index is 396. The van der Waals surface area contributed by atoms with E-state index in [1.54, 1.807) is 11.3 Å². The molecule has 1 aromatic rings. The molecule has 0 aromatic carbocycles. The third-order valence-corrected chi connectivity index (χ3v) is 6.48. The number of rotatable bonds is 4.